The van der Waals surface area contributed by atoms with E-state index in [2.05, 4.69) is 20.2 Å². The maximum absolute atomic E-state index is 9.44. The topological polar surface area (TPSA) is 74.2 Å². The molecule has 0 bridgehead atoms. The number of nitrogens with zero attached hydrogens (tertiary/aromatic N) is 4. The molecule has 4 rings (SSSR count). The van der Waals surface area contributed by atoms with Crippen molar-refractivity contribution in [1.82, 2.24) is 19.9 Å². The average molecular weight is 353 g/mol. The minimum Gasteiger partial charge on any atom is -0.508 e. The van der Waals surface area contributed by atoms with Crippen LogP contribution < -0.4 is 5.32 Å². The van der Waals surface area contributed by atoms with Gasteiger partial charge in [-0.1, -0.05) is 12.1 Å². The fraction of sp³-hybridized carbons (Fsp3) is 0.278. The van der Waals surface area contributed by atoms with Gasteiger partial charge in [-0.2, -0.15) is 0 Å². The van der Waals surface area contributed by atoms with Crippen molar-refractivity contribution in [3.63, 3.8) is 0 Å². The molecular weight excluding hydrogens is 334 g/mol. The van der Waals surface area contributed by atoms with Gasteiger partial charge < -0.3 is 10.4 Å². The number of hydrogen-bond acceptors (Lipinski definition) is 7. The molecule has 3 heterocycles. The summed E-state index contributed by atoms with van der Waals surface area (Å²) < 4.78 is 0. The fourth-order valence-corrected chi connectivity index (χ4v) is 3.71. The number of phenols is 1. The molecule has 0 radical (unpaired) electrons. The lowest BCUT2D eigenvalue weighted by molar-refractivity contribution is 0.244. The predicted molar refractivity (Wildman–Crippen MR) is 97.9 cm³/mol. The van der Waals surface area contributed by atoms with Crippen molar-refractivity contribution in [2.45, 2.75) is 25.4 Å². The van der Waals surface area contributed by atoms with Crippen molar-refractivity contribution in [2.75, 3.05) is 11.9 Å². The molecule has 6 nitrogen and oxygen atoms in total. The molecular formula is C18H19N5OS. The summed E-state index contributed by atoms with van der Waals surface area (Å²) in [5, 5.41) is 15.3. The number of aromatic hydroxyl groups is 1. The van der Waals surface area contributed by atoms with Gasteiger partial charge in [-0.15, -0.1) is 11.3 Å². The summed E-state index contributed by atoms with van der Waals surface area (Å²) in [6, 6.07) is 9.70. The second kappa shape index (κ2) is 7.16. The Labute approximate surface area is 150 Å². The zero-order valence-electron chi connectivity index (χ0n) is 13.7. The van der Waals surface area contributed by atoms with Gasteiger partial charge in [0.15, 0.2) is 5.13 Å². The van der Waals surface area contributed by atoms with Crippen molar-refractivity contribution in [2.24, 2.45) is 0 Å². The van der Waals surface area contributed by atoms with E-state index < -0.39 is 0 Å². The van der Waals surface area contributed by atoms with Crippen molar-refractivity contribution < 1.29 is 5.11 Å². The van der Waals surface area contributed by atoms with Crippen LogP contribution in [0.5, 0.6) is 5.75 Å². The number of rotatable bonds is 5. The van der Waals surface area contributed by atoms with Gasteiger partial charge in [0.1, 0.15) is 5.75 Å². The smallest absolute Gasteiger partial charge is 0.229 e. The van der Waals surface area contributed by atoms with Crippen LogP contribution in [0.15, 0.2) is 48.1 Å². The van der Waals surface area contributed by atoms with Crippen LogP contribution in [0.3, 0.4) is 0 Å². The molecule has 25 heavy (non-hydrogen) atoms. The minimum atomic E-state index is 0.286. The Hall–Kier alpha value is -2.51. The van der Waals surface area contributed by atoms with Gasteiger partial charge in [-0.3, -0.25) is 4.90 Å². The first-order valence-corrected chi connectivity index (χ1v) is 9.17. The van der Waals surface area contributed by atoms with E-state index >= 15 is 0 Å². The normalized spacial score (nSPS) is 17.7. The van der Waals surface area contributed by atoms with Crippen molar-refractivity contribution in [3.05, 3.63) is 59.4 Å². The summed E-state index contributed by atoms with van der Waals surface area (Å²) in [6.45, 7) is 1.90. The molecule has 2 aromatic heterocycles. The Bertz CT molecular complexity index is 822. The summed E-state index contributed by atoms with van der Waals surface area (Å²) in [5.74, 6) is 0.888. The van der Waals surface area contributed by atoms with Gasteiger partial charge >= 0.3 is 0 Å². The standard InChI is InChI=1S/C18H19N5OS/c24-14-5-3-13(4-6-14)12-23-10-1-2-16(23)15-7-8-19-17(21-15)22-18-20-9-11-25-18/h3-9,11,16,24H,1-2,10,12H2,(H,19,20,21,22)/t16-/m0/s1. The van der Waals surface area contributed by atoms with Crippen LogP contribution in [-0.2, 0) is 6.54 Å². The average Bonchev–Trinajstić information content (AvgIpc) is 3.29. The molecule has 7 heteroatoms. The Morgan fingerprint density at radius 3 is 2.84 bits per heavy atom. The van der Waals surface area contributed by atoms with Crippen LogP contribution in [0.25, 0.3) is 0 Å². The number of likely N-dealkylation sites (tertiary alicyclic amines) is 1. The number of benzene rings is 1. The van der Waals surface area contributed by atoms with Crippen LogP contribution in [0, 0.1) is 0 Å². The molecule has 128 valence electrons. The molecule has 1 aliphatic heterocycles. The first-order valence-electron chi connectivity index (χ1n) is 8.29. The number of phenolic OH excluding ortho intramolecular Hbond substituents is 1. The molecule has 0 amide bonds. The van der Waals surface area contributed by atoms with Gasteiger partial charge in [-0.25, -0.2) is 15.0 Å². The van der Waals surface area contributed by atoms with Crippen LogP contribution in [-0.4, -0.2) is 31.5 Å². The Morgan fingerprint density at radius 1 is 1.16 bits per heavy atom. The number of hydrogen-bond donors (Lipinski definition) is 2. The lowest BCUT2D eigenvalue weighted by Crippen LogP contribution is -2.23. The highest BCUT2D eigenvalue weighted by Gasteiger charge is 2.27. The lowest BCUT2D eigenvalue weighted by Gasteiger charge is -2.24. The first-order chi connectivity index (χ1) is 12.3. The molecule has 0 saturated carbocycles. The van der Waals surface area contributed by atoms with E-state index in [1.807, 2.05) is 23.6 Å². The molecule has 1 atom stereocenters. The van der Waals surface area contributed by atoms with Crippen LogP contribution in [0.2, 0.25) is 0 Å². The molecule has 3 aromatic rings. The van der Waals surface area contributed by atoms with Gasteiger partial charge in [0.2, 0.25) is 5.95 Å². The van der Waals surface area contributed by atoms with Gasteiger partial charge in [0.25, 0.3) is 0 Å². The third kappa shape index (κ3) is 3.78. The first kappa shape index (κ1) is 16.0. The van der Waals surface area contributed by atoms with E-state index in [9.17, 15) is 5.11 Å². The zero-order chi connectivity index (χ0) is 17.1. The lowest BCUT2D eigenvalue weighted by atomic mass is 10.1. The van der Waals surface area contributed by atoms with Crippen LogP contribution in [0.4, 0.5) is 11.1 Å². The highest BCUT2D eigenvalue weighted by atomic mass is 32.1. The van der Waals surface area contributed by atoms with E-state index in [0.717, 1.165) is 36.8 Å². The molecule has 1 fully saturated rings. The highest BCUT2D eigenvalue weighted by Crippen LogP contribution is 2.32. The van der Waals surface area contributed by atoms with E-state index in [0.29, 0.717) is 11.7 Å². The van der Waals surface area contributed by atoms with Crippen molar-refractivity contribution >= 4 is 22.4 Å². The molecule has 1 aliphatic rings. The molecule has 0 unspecified atom stereocenters. The summed E-state index contributed by atoms with van der Waals surface area (Å²) in [6.07, 6.45) is 5.80. The third-order valence-corrected chi connectivity index (χ3v) is 5.04. The fourth-order valence-electron chi connectivity index (χ4n) is 3.19. The Balaban J connectivity index is 1.50. The molecule has 1 aromatic carbocycles. The Morgan fingerprint density at radius 2 is 2.04 bits per heavy atom. The molecule has 0 spiro atoms. The van der Waals surface area contributed by atoms with Gasteiger partial charge in [0.05, 0.1) is 11.7 Å². The summed E-state index contributed by atoms with van der Waals surface area (Å²) in [7, 11) is 0. The van der Waals surface area contributed by atoms with E-state index in [1.54, 1.807) is 24.5 Å². The summed E-state index contributed by atoms with van der Waals surface area (Å²) in [4.78, 5) is 15.6. The van der Waals surface area contributed by atoms with Crippen molar-refractivity contribution in [3.8, 4) is 5.75 Å². The summed E-state index contributed by atoms with van der Waals surface area (Å²) in [5.41, 5.74) is 2.23. The SMILES string of the molecule is Oc1ccc(CN2CCC[C@H]2c2ccnc(Nc3nccs3)n2)cc1. The number of thiazole rings is 1. The zero-order valence-corrected chi connectivity index (χ0v) is 14.5. The monoisotopic (exact) mass is 353 g/mol. The van der Waals surface area contributed by atoms with Gasteiger partial charge in [-0.05, 0) is 43.1 Å². The second-order valence-corrected chi connectivity index (χ2v) is 6.96. The summed E-state index contributed by atoms with van der Waals surface area (Å²) >= 11 is 1.53. The minimum absolute atomic E-state index is 0.286. The van der Waals surface area contributed by atoms with Crippen LogP contribution in [0.1, 0.15) is 30.1 Å². The number of nitrogens with one attached hydrogen (secondary N) is 1. The molecule has 1 saturated heterocycles. The molecule has 2 N–H and O–H groups in total. The van der Waals surface area contributed by atoms with Crippen LogP contribution >= 0.6 is 11.3 Å². The largest absolute Gasteiger partial charge is 0.508 e. The maximum atomic E-state index is 9.44. The quantitative estimate of drug-likeness (QED) is 0.728. The van der Waals surface area contributed by atoms with E-state index in [1.165, 1.54) is 16.9 Å². The number of anilines is 2. The highest BCUT2D eigenvalue weighted by molar-refractivity contribution is 7.13. The number of aromatic nitrogens is 3. The predicted octanol–water partition coefficient (Wildman–Crippen LogP) is 3.72. The second-order valence-electron chi connectivity index (χ2n) is 6.06. The van der Waals surface area contributed by atoms with E-state index in [4.69, 9.17) is 4.98 Å². The third-order valence-electron chi connectivity index (χ3n) is 4.36. The Kier molecular flexibility index (Phi) is 4.58. The molecule has 0 aliphatic carbocycles. The van der Waals surface area contributed by atoms with E-state index in [-0.39, 0.29) is 6.04 Å². The maximum Gasteiger partial charge on any atom is 0.229 e. The van der Waals surface area contributed by atoms with Gasteiger partial charge in [0, 0.05) is 24.3 Å². The van der Waals surface area contributed by atoms with Crippen molar-refractivity contribution in [1.29, 1.82) is 0 Å².